The molecule has 0 amide bonds. The average molecular weight is 75.2 g/mol. The van der Waals surface area contributed by atoms with Crippen molar-refractivity contribution in [3.63, 3.8) is 0 Å². The van der Waals surface area contributed by atoms with E-state index in [-0.39, 0.29) is 14.9 Å². The Balaban J connectivity index is -0.0000000200. The van der Waals surface area contributed by atoms with Crippen LogP contribution in [0.25, 0.3) is 0 Å². The highest BCUT2D eigenvalue weighted by Gasteiger charge is 1.47. The van der Waals surface area contributed by atoms with Gasteiger partial charge in [0, 0.05) is 0 Å². The van der Waals surface area contributed by atoms with Gasteiger partial charge >= 0.3 is 0 Å². The number of hydrogen-bond donors (Lipinski definition) is 0. The first-order valence-electron chi connectivity index (χ1n) is 1.21. The van der Waals surface area contributed by atoms with Crippen LogP contribution in [0.4, 0.5) is 0 Å². The Morgan fingerprint density at radius 2 is 1.40 bits per heavy atom. The van der Waals surface area contributed by atoms with Gasteiger partial charge in [0.15, 0.2) is 0 Å². The smallest absolute Gasteiger partial charge is 0.0776 e. The van der Waals surface area contributed by atoms with Crippen molar-refractivity contribution >= 4 is 0 Å². The fourth-order valence-electron chi connectivity index (χ4n) is 0. The highest BCUT2D eigenvalue weighted by molar-refractivity contribution is 4.18. The second-order valence-electron chi connectivity index (χ2n) is 0.500. The van der Waals surface area contributed by atoms with E-state index in [1.807, 2.05) is 6.92 Å². The van der Waals surface area contributed by atoms with Crippen molar-refractivity contribution in [3.8, 4) is 0 Å². The maximum Gasteiger partial charge on any atom is 0.0822 e. The van der Waals surface area contributed by atoms with Crippen LogP contribution in [0.15, 0.2) is 0 Å². The lowest BCUT2D eigenvalue weighted by molar-refractivity contribution is 1.23. The largest absolute Gasteiger partial charge is 0.0822 e. The van der Waals surface area contributed by atoms with Gasteiger partial charge in [0.2, 0.25) is 0 Å². The lowest BCUT2D eigenvalue weighted by Crippen LogP contribution is -1.29. The molecule has 0 bridgehead atoms. The molecule has 0 spiro atoms. The fraction of sp³-hybridized carbons (Fsp3) is 0.800. The van der Waals surface area contributed by atoms with Crippen LogP contribution in [0, 0.1) is 6.92 Å². The molecule has 0 aliphatic rings. The molecule has 0 aliphatic heterocycles. The quantitative estimate of drug-likeness (QED) is 0.388. The normalized spacial score (nSPS) is 3.40. The van der Waals surface area contributed by atoms with Gasteiger partial charge < -0.3 is 0 Å². The summed E-state index contributed by atoms with van der Waals surface area (Å²) >= 11 is 0. The van der Waals surface area contributed by atoms with Gasteiger partial charge in [-0.25, -0.2) is 0 Å². The molecule has 0 nitrogen and oxygen atoms in total. The van der Waals surface area contributed by atoms with Crippen LogP contribution in [0.5, 0.6) is 0 Å². The molecule has 5 heavy (non-hydrogen) atoms. The lowest BCUT2D eigenvalue weighted by Gasteiger charge is -1.36. The lowest BCUT2D eigenvalue weighted by atomic mass is 10.6. The van der Waals surface area contributed by atoms with E-state index < -0.39 is 0 Å². The summed E-state index contributed by atoms with van der Waals surface area (Å²) in [5, 5.41) is 0. The van der Waals surface area contributed by atoms with E-state index >= 15 is 0 Å². The SMILES string of the molecule is C.C.[CH2+]CC. The van der Waals surface area contributed by atoms with E-state index in [0.717, 1.165) is 6.42 Å². The van der Waals surface area contributed by atoms with Crippen LogP contribution in [0.1, 0.15) is 28.2 Å². The second-order valence-corrected chi connectivity index (χ2v) is 0.500. The van der Waals surface area contributed by atoms with Gasteiger partial charge in [0.05, 0.1) is 13.3 Å². The molecule has 0 saturated heterocycles. The van der Waals surface area contributed by atoms with Crippen LogP contribution in [0.2, 0.25) is 0 Å². The van der Waals surface area contributed by atoms with Gasteiger partial charge in [-0.2, -0.15) is 0 Å². The monoisotopic (exact) mass is 75.1 g/mol. The molecule has 0 unspecified atom stereocenters. The first kappa shape index (κ1) is 20.9. The minimum absolute atomic E-state index is 0. The molecule has 0 fully saturated rings. The van der Waals surface area contributed by atoms with E-state index in [4.69, 9.17) is 0 Å². The van der Waals surface area contributed by atoms with E-state index in [9.17, 15) is 0 Å². The van der Waals surface area contributed by atoms with Gasteiger partial charge in [0.1, 0.15) is 0 Å². The third-order valence-corrected chi connectivity index (χ3v) is 0. The Kier molecular flexibility index (Phi) is 176. The van der Waals surface area contributed by atoms with E-state index in [1.54, 1.807) is 0 Å². The molecule has 0 saturated carbocycles. The average Bonchev–Trinajstić information content (AvgIpc) is 0.918. The van der Waals surface area contributed by atoms with Crippen molar-refractivity contribution < 1.29 is 0 Å². The standard InChI is InChI=1S/C3H7.2CH4/c1-3-2;;/h1,3H2,2H3;2*1H4/q+1;;. The summed E-state index contributed by atoms with van der Waals surface area (Å²) in [5.41, 5.74) is 0. The van der Waals surface area contributed by atoms with Gasteiger partial charge in [-0.15, -0.1) is 0 Å². The molecular weight excluding hydrogens is 60.1 g/mol. The van der Waals surface area contributed by atoms with Gasteiger partial charge in [-0.1, -0.05) is 14.9 Å². The van der Waals surface area contributed by atoms with E-state index in [0.29, 0.717) is 0 Å². The third-order valence-electron chi connectivity index (χ3n) is 0. The Morgan fingerprint density at radius 3 is 1.40 bits per heavy atom. The van der Waals surface area contributed by atoms with Crippen molar-refractivity contribution in [1.82, 2.24) is 0 Å². The van der Waals surface area contributed by atoms with Crippen molar-refractivity contribution in [1.29, 1.82) is 0 Å². The zero-order valence-corrected chi connectivity index (χ0v) is 2.41. The first-order valence-corrected chi connectivity index (χ1v) is 1.21. The highest BCUT2D eigenvalue weighted by atomic mass is 13.4. The van der Waals surface area contributed by atoms with Crippen molar-refractivity contribution in [2.45, 2.75) is 28.2 Å². The van der Waals surface area contributed by atoms with Crippen molar-refractivity contribution in [2.24, 2.45) is 0 Å². The number of rotatable bonds is 0. The predicted octanol–water partition coefficient (Wildman–Crippen LogP) is 2.50. The molecule has 0 heterocycles. The molecule has 0 atom stereocenters. The summed E-state index contributed by atoms with van der Waals surface area (Å²) in [4.78, 5) is 0. The molecule has 0 aromatic heterocycles. The number of hydrogen-bond acceptors (Lipinski definition) is 0. The van der Waals surface area contributed by atoms with E-state index in [2.05, 4.69) is 6.92 Å². The third kappa shape index (κ3) is 801. The summed E-state index contributed by atoms with van der Waals surface area (Å²) < 4.78 is 0. The van der Waals surface area contributed by atoms with Crippen molar-refractivity contribution in [3.05, 3.63) is 6.92 Å². The van der Waals surface area contributed by atoms with Crippen LogP contribution in [-0.4, -0.2) is 0 Å². The Hall–Kier alpha value is -0.130. The van der Waals surface area contributed by atoms with Gasteiger partial charge in [-0.05, 0) is 6.92 Å². The Labute approximate surface area is 36.2 Å². The maximum atomic E-state index is 3.49. The molecular formula is C5H15+. The molecule has 0 aromatic rings. The maximum absolute atomic E-state index is 3.49. The molecule has 0 rings (SSSR count). The van der Waals surface area contributed by atoms with Crippen LogP contribution in [-0.2, 0) is 0 Å². The van der Waals surface area contributed by atoms with Crippen molar-refractivity contribution in [2.75, 3.05) is 0 Å². The molecule has 0 aliphatic carbocycles. The fourth-order valence-corrected chi connectivity index (χ4v) is 0. The summed E-state index contributed by atoms with van der Waals surface area (Å²) in [6, 6.07) is 0. The summed E-state index contributed by atoms with van der Waals surface area (Å²) in [5.74, 6) is 0. The Morgan fingerprint density at radius 1 is 1.40 bits per heavy atom. The van der Waals surface area contributed by atoms with Crippen LogP contribution in [0.3, 0.4) is 0 Å². The molecule has 0 heteroatoms. The molecule has 0 radical (unpaired) electrons. The Bertz CT molecular complexity index is 0. The van der Waals surface area contributed by atoms with Gasteiger partial charge in [-0.3, -0.25) is 0 Å². The van der Waals surface area contributed by atoms with Gasteiger partial charge in [0.25, 0.3) is 0 Å². The summed E-state index contributed by atoms with van der Waals surface area (Å²) in [6.07, 6.45) is 1.00. The first-order chi connectivity index (χ1) is 1.41. The molecule has 34 valence electrons. The highest BCUT2D eigenvalue weighted by Crippen LogP contribution is 1.54. The molecule has 0 N–H and O–H groups in total. The topological polar surface area (TPSA) is 0 Å². The molecule has 0 aromatic carbocycles. The van der Waals surface area contributed by atoms with E-state index in [1.165, 1.54) is 0 Å². The summed E-state index contributed by atoms with van der Waals surface area (Å²) in [6.45, 7) is 5.50. The van der Waals surface area contributed by atoms with Crippen LogP contribution >= 0.6 is 0 Å². The zero-order chi connectivity index (χ0) is 2.71. The second kappa shape index (κ2) is 42.1. The zero-order valence-electron chi connectivity index (χ0n) is 2.41. The van der Waals surface area contributed by atoms with Crippen LogP contribution < -0.4 is 0 Å². The predicted molar refractivity (Wildman–Crippen MR) is 29.1 cm³/mol. The minimum atomic E-state index is 0. The summed E-state index contributed by atoms with van der Waals surface area (Å²) in [7, 11) is 0. The minimum Gasteiger partial charge on any atom is -0.0776 e.